The minimum atomic E-state index is 0.137. The lowest BCUT2D eigenvalue weighted by atomic mass is 9.82. The average Bonchev–Trinajstić information content (AvgIpc) is 2.76. The van der Waals surface area contributed by atoms with Crippen molar-refractivity contribution in [1.29, 1.82) is 0 Å². The van der Waals surface area contributed by atoms with Crippen LogP contribution >= 0.6 is 0 Å². The van der Waals surface area contributed by atoms with E-state index in [0.29, 0.717) is 0 Å². The van der Waals surface area contributed by atoms with Crippen molar-refractivity contribution in [2.24, 2.45) is 0 Å². The molecule has 6 rings (SSSR count). The Labute approximate surface area is 177 Å². The van der Waals surface area contributed by atoms with Gasteiger partial charge >= 0.3 is 0 Å². The van der Waals surface area contributed by atoms with Gasteiger partial charge in [0.05, 0.1) is 0 Å². The molecule has 0 saturated carbocycles. The minimum absolute atomic E-state index is 0.137. The molecule has 30 heavy (non-hydrogen) atoms. The Hall–Kier alpha value is -3.38. The maximum atomic E-state index is 2.38. The molecule has 0 heteroatoms. The van der Waals surface area contributed by atoms with Gasteiger partial charge in [0.15, 0.2) is 0 Å². The van der Waals surface area contributed by atoms with Crippen LogP contribution in [0.5, 0.6) is 0 Å². The fraction of sp³-hybridized carbons (Fsp3) is 0.133. The second kappa shape index (κ2) is 6.06. The summed E-state index contributed by atoms with van der Waals surface area (Å²) in [4.78, 5) is 0. The molecule has 0 saturated heterocycles. The van der Waals surface area contributed by atoms with Gasteiger partial charge in [-0.05, 0) is 65.2 Å². The van der Waals surface area contributed by atoms with Gasteiger partial charge in [-0.25, -0.2) is 0 Å². The Balaban J connectivity index is 1.74. The highest BCUT2D eigenvalue weighted by molar-refractivity contribution is 6.26. The number of rotatable bonds is 1. The third-order valence-corrected chi connectivity index (χ3v) is 6.54. The first-order valence-electron chi connectivity index (χ1n) is 10.7. The van der Waals surface area contributed by atoms with E-state index in [1.807, 2.05) is 0 Å². The first-order chi connectivity index (χ1) is 14.5. The molecule has 6 aromatic carbocycles. The van der Waals surface area contributed by atoms with Gasteiger partial charge in [0.2, 0.25) is 0 Å². The molecular formula is C30H24. The summed E-state index contributed by atoms with van der Waals surface area (Å²) in [6, 6.07) is 33.9. The summed E-state index contributed by atoms with van der Waals surface area (Å²) in [7, 11) is 0. The lowest BCUT2D eigenvalue weighted by molar-refractivity contribution is 0.591. The molecule has 0 N–H and O–H groups in total. The predicted molar refractivity (Wildman–Crippen MR) is 132 cm³/mol. The Kier molecular flexibility index (Phi) is 3.53. The SMILES string of the molecule is CC(C)(C)c1cc2ccc3ccc(-c4cccc5ccccc45)c4ccc(c1)c2c34. The molecular weight excluding hydrogens is 360 g/mol. The van der Waals surface area contributed by atoms with E-state index in [0.717, 1.165) is 0 Å². The predicted octanol–water partition coefficient (Wildman–Crippen LogP) is 8.70. The van der Waals surface area contributed by atoms with Gasteiger partial charge in [0, 0.05) is 0 Å². The zero-order chi connectivity index (χ0) is 20.5. The highest BCUT2D eigenvalue weighted by Crippen LogP contribution is 2.42. The van der Waals surface area contributed by atoms with E-state index >= 15 is 0 Å². The van der Waals surface area contributed by atoms with Crippen LogP contribution in [0, 0.1) is 0 Å². The van der Waals surface area contributed by atoms with E-state index in [1.165, 1.54) is 59.8 Å². The van der Waals surface area contributed by atoms with Crippen LogP contribution in [0.25, 0.3) is 54.2 Å². The fourth-order valence-corrected chi connectivity index (χ4v) is 4.95. The summed E-state index contributed by atoms with van der Waals surface area (Å²) in [5.74, 6) is 0. The zero-order valence-electron chi connectivity index (χ0n) is 17.7. The van der Waals surface area contributed by atoms with Crippen molar-refractivity contribution in [1.82, 2.24) is 0 Å². The molecule has 0 aliphatic rings. The minimum Gasteiger partial charge on any atom is -0.0616 e. The molecule has 0 nitrogen and oxygen atoms in total. The summed E-state index contributed by atoms with van der Waals surface area (Å²) < 4.78 is 0. The summed E-state index contributed by atoms with van der Waals surface area (Å²) in [5, 5.41) is 10.7. The van der Waals surface area contributed by atoms with Gasteiger partial charge in [-0.2, -0.15) is 0 Å². The van der Waals surface area contributed by atoms with Crippen LogP contribution in [-0.4, -0.2) is 0 Å². The van der Waals surface area contributed by atoms with Crippen molar-refractivity contribution in [3.8, 4) is 11.1 Å². The molecule has 0 atom stereocenters. The largest absolute Gasteiger partial charge is 0.0616 e. The lowest BCUT2D eigenvalue weighted by Gasteiger charge is -2.22. The topological polar surface area (TPSA) is 0 Å². The fourth-order valence-electron chi connectivity index (χ4n) is 4.95. The number of benzene rings is 6. The molecule has 0 fully saturated rings. The van der Waals surface area contributed by atoms with Crippen LogP contribution in [0.15, 0.2) is 91.0 Å². The molecule has 0 aromatic heterocycles. The van der Waals surface area contributed by atoms with Crippen molar-refractivity contribution in [3.05, 3.63) is 96.6 Å². The van der Waals surface area contributed by atoms with Crippen LogP contribution < -0.4 is 0 Å². The maximum absolute atomic E-state index is 2.38. The zero-order valence-corrected chi connectivity index (χ0v) is 17.7. The van der Waals surface area contributed by atoms with Crippen molar-refractivity contribution in [3.63, 3.8) is 0 Å². The first-order valence-corrected chi connectivity index (χ1v) is 10.7. The smallest absolute Gasteiger partial charge is 0.00206 e. The Morgan fingerprint density at radius 1 is 0.467 bits per heavy atom. The van der Waals surface area contributed by atoms with Crippen LogP contribution in [-0.2, 0) is 5.41 Å². The van der Waals surface area contributed by atoms with E-state index in [9.17, 15) is 0 Å². The summed E-state index contributed by atoms with van der Waals surface area (Å²) >= 11 is 0. The van der Waals surface area contributed by atoms with Gasteiger partial charge < -0.3 is 0 Å². The molecule has 0 radical (unpaired) electrons. The maximum Gasteiger partial charge on any atom is -0.00206 e. The van der Waals surface area contributed by atoms with Gasteiger partial charge in [-0.3, -0.25) is 0 Å². The van der Waals surface area contributed by atoms with E-state index in [-0.39, 0.29) is 5.41 Å². The number of hydrogen-bond acceptors (Lipinski definition) is 0. The first kappa shape index (κ1) is 17.5. The molecule has 0 aliphatic heterocycles. The molecule has 144 valence electrons. The molecule has 0 aliphatic carbocycles. The lowest BCUT2D eigenvalue weighted by Crippen LogP contribution is -2.10. The van der Waals surface area contributed by atoms with Crippen LogP contribution in [0.4, 0.5) is 0 Å². The molecule has 0 spiro atoms. The van der Waals surface area contributed by atoms with Crippen molar-refractivity contribution in [2.75, 3.05) is 0 Å². The molecule has 6 aromatic rings. The van der Waals surface area contributed by atoms with Gasteiger partial charge in [0.1, 0.15) is 0 Å². The molecule has 0 bridgehead atoms. The summed E-state index contributed by atoms with van der Waals surface area (Å²) in [5.41, 5.74) is 4.15. The third-order valence-electron chi connectivity index (χ3n) is 6.54. The highest BCUT2D eigenvalue weighted by Gasteiger charge is 2.18. The Morgan fingerprint density at radius 3 is 1.90 bits per heavy atom. The van der Waals surface area contributed by atoms with Gasteiger partial charge in [-0.15, -0.1) is 0 Å². The average molecular weight is 385 g/mol. The quantitative estimate of drug-likeness (QED) is 0.249. The molecule has 0 heterocycles. The van der Waals surface area contributed by atoms with Crippen molar-refractivity contribution < 1.29 is 0 Å². The van der Waals surface area contributed by atoms with Gasteiger partial charge in [-0.1, -0.05) is 112 Å². The van der Waals surface area contributed by atoms with Crippen LogP contribution in [0.2, 0.25) is 0 Å². The van der Waals surface area contributed by atoms with E-state index in [2.05, 4.69) is 112 Å². The van der Waals surface area contributed by atoms with Crippen LogP contribution in [0.1, 0.15) is 26.3 Å². The summed E-state index contributed by atoms with van der Waals surface area (Å²) in [6.07, 6.45) is 0. The summed E-state index contributed by atoms with van der Waals surface area (Å²) in [6.45, 7) is 6.87. The van der Waals surface area contributed by atoms with Crippen molar-refractivity contribution in [2.45, 2.75) is 26.2 Å². The van der Waals surface area contributed by atoms with E-state index < -0.39 is 0 Å². The molecule has 0 amide bonds. The Bertz CT molecular complexity index is 1540. The van der Waals surface area contributed by atoms with E-state index in [1.54, 1.807) is 0 Å². The van der Waals surface area contributed by atoms with Crippen LogP contribution in [0.3, 0.4) is 0 Å². The molecule has 0 unspecified atom stereocenters. The number of fused-ring (bicyclic) bond motifs is 1. The van der Waals surface area contributed by atoms with Gasteiger partial charge in [0.25, 0.3) is 0 Å². The second-order valence-electron chi connectivity index (χ2n) is 9.46. The monoisotopic (exact) mass is 384 g/mol. The standard InChI is InChI=1S/C30H24/c1-30(2,3)23-17-21-12-11-20-13-15-26(27-16-14-22(18-23)28(21)29(20)27)25-10-6-8-19-7-4-5-9-24(19)25/h4-18H,1-3H3. The number of hydrogen-bond donors (Lipinski definition) is 0. The normalized spacial score (nSPS) is 12.5. The second-order valence-corrected chi connectivity index (χ2v) is 9.46. The Morgan fingerprint density at radius 2 is 1.10 bits per heavy atom. The highest BCUT2D eigenvalue weighted by atomic mass is 14.2. The van der Waals surface area contributed by atoms with E-state index in [4.69, 9.17) is 0 Å². The van der Waals surface area contributed by atoms with Crippen molar-refractivity contribution >= 4 is 43.1 Å². The third kappa shape index (κ3) is 2.47.